The molecule has 1 aromatic heterocycles. The van der Waals surface area contributed by atoms with Crippen LogP contribution in [0.5, 0.6) is 5.88 Å². The molecule has 0 saturated heterocycles. The Hall–Kier alpha value is -1.99. The molecule has 0 aromatic carbocycles. The van der Waals surface area contributed by atoms with Gasteiger partial charge in [0.05, 0.1) is 12.1 Å². The van der Waals surface area contributed by atoms with Crippen LogP contribution in [0, 0.1) is 0 Å². The number of pyridine rings is 1. The van der Waals surface area contributed by atoms with E-state index in [4.69, 9.17) is 4.74 Å². The van der Waals surface area contributed by atoms with E-state index in [1.807, 2.05) is 13.8 Å². The minimum atomic E-state index is -4.39. The number of nitrogens with one attached hydrogen (secondary N) is 2. The largest absolute Gasteiger partial charge is 0.476 e. The van der Waals surface area contributed by atoms with E-state index in [1.54, 1.807) is 0 Å². The maximum atomic E-state index is 12.4. The fourth-order valence-corrected chi connectivity index (χ4v) is 1.52. The molecule has 0 radical (unpaired) electrons. The molecular weight excluding hydrogens is 297 g/mol. The van der Waals surface area contributed by atoms with E-state index in [2.05, 4.69) is 20.6 Å². The molecule has 0 spiro atoms. The Morgan fingerprint density at radius 1 is 1.27 bits per heavy atom. The predicted octanol–water partition coefficient (Wildman–Crippen LogP) is 2.44. The topological polar surface area (TPSA) is 58.5 Å². The van der Waals surface area contributed by atoms with Crippen LogP contribution in [0.25, 0.3) is 0 Å². The fourth-order valence-electron chi connectivity index (χ4n) is 1.52. The van der Waals surface area contributed by atoms with Crippen molar-refractivity contribution in [2.45, 2.75) is 26.4 Å². The van der Waals surface area contributed by atoms with Gasteiger partial charge >= 0.3 is 6.18 Å². The van der Waals surface area contributed by atoms with Crippen molar-refractivity contribution in [3.8, 4) is 5.88 Å². The zero-order valence-electron chi connectivity index (χ0n) is 12.7. The molecule has 1 rings (SSSR count). The van der Waals surface area contributed by atoms with Crippen molar-refractivity contribution >= 4 is 5.96 Å². The van der Waals surface area contributed by atoms with Gasteiger partial charge in [-0.3, -0.25) is 4.99 Å². The first-order valence-corrected chi connectivity index (χ1v) is 7.15. The number of halogens is 3. The summed E-state index contributed by atoms with van der Waals surface area (Å²) in [6, 6.07) is 2.15. The van der Waals surface area contributed by atoms with E-state index >= 15 is 0 Å². The summed E-state index contributed by atoms with van der Waals surface area (Å²) in [5.41, 5.74) is -0.792. The highest BCUT2D eigenvalue weighted by Gasteiger charge is 2.30. The summed E-state index contributed by atoms with van der Waals surface area (Å²) in [4.78, 5) is 7.95. The monoisotopic (exact) mass is 318 g/mol. The average Bonchev–Trinajstić information content (AvgIpc) is 2.48. The molecule has 0 amide bonds. The van der Waals surface area contributed by atoms with Crippen LogP contribution in [0.4, 0.5) is 13.2 Å². The molecule has 22 heavy (non-hydrogen) atoms. The first kappa shape index (κ1) is 18.1. The molecule has 5 nitrogen and oxygen atoms in total. The van der Waals surface area contributed by atoms with Gasteiger partial charge in [-0.05, 0) is 19.4 Å². The van der Waals surface area contributed by atoms with Crippen molar-refractivity contribution in [1.82, 2.24) is 15.6 Å². The molecule has 124 valence electrons. The van der Waals surface area contributed by atoms with Gasteiger partial charge in [-0.25, -0.2) is 4.98 Å². The van der Waals surface area contributed by atoms with Crippen molar-refractivity contribution in [1.29, 1.82) is 0 Å². The number of rotatable bonds is 7. The highest BCUT2D eigenvalue weighted by Crippen LogP contribution is 2.29. The zero-order chi connectivity index (χ0) is 16.4. The highest BCUT2D eigenvalue weighted by molar-refractivity contribution is 5.79. The van der Waals surface area contributed by atoms with Gasteiger partial charge in [0, 0.05) is 25.4 Å². The van der Waals surface area contributed by atoms with E-state index < -0.39 is 11.7 Å². The number of alkyl halides is 3. The van der Waals surface area contributed by atoms with Gasteiger partial charge in [0.25, 0.3) is 0 Å². The molecule has 0 aliphatic carbocycles. The Kier molecular flexibility index (Phi) is 7.48. The number of guanidine groups is 1. The van der Waals surface area contributed by atoms with Gasteiger partial charge in [-0.1, -0.05) is 6.92 Å². The van der Waals surface area contributed by atoms with Crippen molar-refractivity contribution in [3.05, 3.63) is 23.9 Å². The number of hydrogen-bond donors (Lipinski definition) is 2. The quantitative estimate of drug-likeness (QED) is 0.461. The van der Waals surface area contributed by atoms with Crippen LogP contribution >= 0.6 is 0 Å². The van der Waals surface area contributed by atoms with Crippen molar-refractivity contribution < 1.29 is 17.9 Å². The molecule has 1 heterocycles. The summed E-state index contributed by atoms with van der Waals surface area (Å²) >= 11 is 0. The van der Waals surface area contributed by atoms with E-state index in [9.17, 15) is 13.2 Å². The fraction of sp³-hybridized carbons (Fsp3) is 0.571. The van der Waals surface area contributed by atoms with E-state index in [0.29, 0.717) is 12.5 Å². The van der Waals surface area contributed by atoms with Crippen LogP contribution in [0.15, 0.2) is 23.3 Å². The normalized spacial score (nSPS) is 12.1. The average molecular weight is 318 g/mol. The third-order valence-corrected chi connectivity index (χ3v) is 2.55. The smallest absolute Gasteiger partial charge is 0.417 e. The third-order valence-electron chi connectivity index (χ3n) is 2.55. The van der Waals surface area contributed by atoms with Crippen LogP contribution in [0.3, 0.4) is 0 Å². The van der Waals surface area contributed by atoms with E-state index in [1.165, 1.54) is 6.07 Å². The molecule has 8 heteroatoms. The molecule has 0 aliphatic heterocycles. The number of hydrogen-bond acceptors (Lipinski definition) is 3. The van der Waals surface area contributed by atoms with Crippen LogP contribution in [0.2, 0.25) is 0 Å². The Balaban J connectivity index is 2.37. The predicted molar refractivity (Wildman–Crippen MR) is 79.0 cm³/mol. The molecule has 0 fully saturated rings. The van der Waals surface area contributed by atoms with Gasteiger partial charge in [-0.15, -0.1) is 0 Å². The molecule has 0 atom stereocenters. The van der Waals surface area contributed by atoms with Gasteiger partial charge in [-0.2, -0.15) is 13.2 Å². The Bertz CT molecular complexity index is 460. The standard InChI is InChI=1S/C14H21F3N4O/c1-3-7-19-13(18-4-2)20-8-9-22-12-6-5-11(10-21-12)14(15,16)17/h5-6,10H,3-4,7-9H2,1-2H3,(H2,18,19,20). The number of aliphatic imine (C=N–C) groups is 1. The number of ether oxygens (including phenoxy) is 1. The maximum Gasteiger partial charge on any atom is 0.417 e. The summed E-state index contributed by atoms with van der Waals surface area (Å²) in [5.74, 6) is 0.846. The maximum absolute atomic E-state index is 12.4. The lowest BCUT2D eigenvalue weighted by molar-refractivity contribution is -0.137. The Labute approximate surface area is 128 Å². The van der Waals surface area contributed by atoms with E-state index in [0.717, 1.165) is 31.8 Å². The highest BCUT2D eigenvalue weighted by atomic mass is 19.4. The second kappa shape index (κ2) is 9.11. The van der Waals surface area contributed by atoms with E-state index in [-0.39, 0.29) is 12.5 Å². The summed E-state index contributed by atoms with van der Waals surface area (Å²) < 4.78 is 42.4. The molecule has 0 bridgehead atoms. The van der Waals surface area contributed by atoms with Crippen molar-refractivity contribution in [2.75, 3.05) is 26.2 Å². The molecule has 1 aromatic rings. The first-order valence-electron chi connectivity index (χ1n) is 7.15. The van der Waals surface area contributed by atoms with Crippen molar-refractivity contribution in [2.24, 2.45) is 4.99 Å². The molecule has 0 aliphatic rings. The Morgan fingerprint density at radius 3 is 2.59 bits per heavy atom. The Morgan fingerprint density at radius 2 is 2.05 bits per heavy atom. The van der Waals surface area contributed by atoms with Crippen LogP contribution in [0.1, 0.15) is 25.8 Å². The summed E-state index contributed by atoms with van der Waals surface area (Å²) in [6.45, 7) is 6.21. The summed E-state index contributed by atoms with van der Waals surface area (Å²) in [7, 11) is 0. The van der Waals surface area contributed by atoms with Crippen molar-refractivity contribution in [3.63, 3.8) is 0 Å². The summed E-state index contributed by atoms with van der Waals surface area (Å²) in [6.07, 6.45) is -2.68. The van der Waals surface area contributed by atoms with Crippen LogP contribution < -0.4 is 15.4 Å². The van der Waals surface area contributed by atoms with Gasteiger partial charge in [0.1, 0.15) is 6.61 Å². The minimum absolute atomic E-state index is 0.158. The number of aromatic nitrogens is 1. The lowest BCUT2D eigenvalue weighted by Crippen LogP contribution is -2.39. The molecule has 0 unspecified atom stereocenters. The zero-order valence-corrected chi connectivity index (χ0v) is 12.7. The SMILES string of the molecule is CCCN=C(NCC)NCCOc1ccc(C(F)(F)F)cn1. The number of nitrogens with zero attached hydrogens (tertiary/aromatic N) is 2. The summed E-state index contributed by atoms with van der Waals surface area (Å²) in [5, 5.41) is 6.15. The van der Waals surface area contributed by atoms with Gasteiger partial charge < -0.3 is 15.4 Å². The minimum Gasteiger partial charge on any atom is -0.476 e. The second-order valence-electron chi connectivity index (χ2n) is 4.42. The van der Waals surface area contributed by atoms with Crippen LogP contribution in [-0.2, 0) is 6.18 Å². The third kappa shape index (κ3) is 6.64. The molecule has 0 saturated carbocycles. The van der Waals surface area contributed by atoms with Crippen LogP contribution in [-0.4, -0.2) is 37.2 Å². The lowest BCUT2D eigenvalue weighted by atomic mass is 10.3. The first-order chi connectivity index (χ1) is 10.5. The van der Waals surface area contributed by atoms with Gasteiger partial charge in [0.15, 0.2) is 5.96 Å². The molecule has 2 N–H and O–H groups in total. The molecular formula is C14H21F3N4O. The second-order valence-corrected chi connectivity index (χ2v) is 4.42. The lowest BCUT2D eigenvalue weighted by Gasteiger charge is -2.12. The van der Waals surface area contributed by atoms with Gasteiger partial charge in [0.2, 0.25) is 5.88 Å².